The molecule has 1 N–H and O–H groups in total. The molecule has 0 fully saturated rings. The second-order valence-electron chi connectivity index (χ2n) is 3.20. The average molecular weight is 201 g/mol. The van der Waals surface area contributed by atoms with Gasteiger partial charge < -0.3 is 10.1 Å². The summed E-state index contributed by atoms with van der Waals surface area (Å²) in [6, 6.07) is -0.0865. The van der Waals surface area contributed by atoms with E-state index in [1.807, 2.05) is 6.92 Å². The monoisotopic (exact) mass is 201 g/mol. The zero-order valence-corrected chi connectivity index (χ0v) is 9.13. The van der Waals surface area contributed by atoms with Crippen LogP contribution in [-0.4, -0.2) is 24.5 Å². The number of rotatable bonds is 6. The van der Waals surface area contributed by atoms with Gasteiger partial charge in [-0.3, -0.25) is 9.59 Å². The molecule has 0 rings (SSSR count). The molecule has 0 aliphatic carbocycles. The molecular formula is C10H19NO3. The number of amides is 1. The number of nitrogens with one attached hydrogen (secondary N) is 1. The summed E-state index contributed by atoms with van der Waals surface area (Å²) in [5.74, 6) is -0.354. The Hall–Kier alpha value is -1.06. The molecule has 0 radical (unpaired) electrons. The number of ether oxygens (including phenoxy) is 1. The van der Waals surface area contributed by atoms with Gasteiger partial charge in [0.25, 0.3) is 0 Å². The fourth-order valence-electron chi connectivity index (χ4n) is 1.28. The van der Waals surface area contributed by atoms with Gasteiger partial charge in [0.15, 0.2) is 0 Å². The second kappa shape index (κ2) is 7.35. The normalized spacial score (nSPS) is 11.9. The van der Waals surface area contributed by atoms with E-state index in [0.717, 1.165) is 12.8 Å². The second-order valence-corrected chi connectivity index (χ2v) is 3.20. The van der Waals surface area contributed by atoms with E-state index >= 15 is 0 Å². The molecule has 0 aliphatic rings. The van der Waals surface area contributed by atoms with Crippen molar-refractivity contribution in [2.75, 3.05) is 6.61 Å². The highest BCUT2D eigenvalue weighted by Crippen LogP contribution is 2.03. The average Bonchev–Trinajstić information content (AvgIpc) is 2.03. The zero-order chi connectivity index (χ0) is 11.0. The molecule has 0 aromatic carbocycles. The van der Waals surface area contributed by atoms with Gasteiger partial charge in [-0.05, 0) is 13.3 Å². The lowest BCUT2D eigenvalue weighted by atomic mass is 10.1. The third kappa shape index (κ3) is 6.46. The van der Waals surface area contributed by atoms with Gasteiger partial charge in [0.05, 0.1) is 13.0 Å². The number of carbonyl (C=O) groups excluding carboxylic acids is 2. The summed E-state index contributed by atoms with van der Waals surface area (Å²) < 4.78 is 4.81. The molecule has 0 saturated carbocycles. The highest BCUT2D eigenvalue weighted by molar-refractivity contribution is 5.75. The molecule has 4 heteroatoms. The van der Waals surface area contributed by atoms with Crippen LogP contribution in [0.15, 0.2) is 0 Å². The van der Waals surface area contributed by atoms with Crippen molar-refractivity contribution >= 4 is 11.9 Å². The van der Waals surface area contributed by atoms with Crippen LogP contribution < -0.4 is 5.32 Å². The third-order valence-electron chi connectivity index (χ3n) is 1.76. The lowest BCUT2D eigenvalue weighted by Gasteiger charge is -2.15. The molecule has 0 aliphatic heterocycles. The Balaban J connectivity index is 3.94. The molecule has 14 heavy (non-hydrogen) atoms. The number of carbonyl (C=O) groups is 2. The molecule has 0 unspecified atom stereocenters. The van der Waals surface area contributed by atoms with Gasteiger partial charge in [0.1, 0.15) is 0 Å². The SMILES string of the molecule is CCC[C@H](CC(=O)OCC)NC(C)=O. The first kappa shape index (κ1) is 12.9. The van der Waals surface area contributed by atoms with Crippen LogP contribution in [0.5, 0.6) is 0 Å². The molecule has 4 nitrogen and oxygen atoms in total. The first-order valence-electron chi connectivity index (χ1n) is 5.02. The van der Waals surface area contributed by atoms with Crippen LogP contribution in [0.25, 0.3) is 0 Å². The van der Waals surface area contributed by atoms with Gasteiger partial charge >= 0.3 is 5.97 Å². The van der Waals surface area contributed by atoms with Crippen molar-refractivity contribution in [3.05, 3.63) is 0 Å². The highest BCUT2D eigenvalue weighted by atomic mass is 16.5. The Morgan fingerprint density at radius 1 is 1.36 bits per heavy atom. The topological polar surface area (TPSA) is 55.4 Å². The van der Waals surface area contributed by atoms with Crippen LogP contribution in [0, 0.1) is 0 Å². The minimum absolute atomic E-state index is 0.0865. The molecule has 0 saturated heterocycles. The Bertz CT molecular complexity index is 192. The molecule has 0 aromatic heterocycles. The largest absolute Gasteiger partial charge is 0.466 e. The molecule has 82 valence electrons. The van der Waals surface area contributed by atoms with E-state index in [2.05, 4.69) is 5.32 Å². The first-order chi connectivity index (χ1) is 6.60. The Morgan fingerprint density at radius 2 is 2.00 bits per heavy atom. The predicted octanol–water partition coefficient (Wildman–Crippen LogP) is 1.24. The first-order valence-corrected chi connectivity index (χ1v) is 5.02. The van der Waals surface area contributed by atoms with Crippen molar-refractivity contribution in [1.82, 2.24) is 5.32 Å². The van der Waals surface area contributed by atoms with Crippen molar-refractivity contribution in [3.63, 3.8) is 0 Å². The minimum Gasteiger partial charge on any atom is -0.466 e. The van der Waals surface area contributed by atoms with E-state index in [-0.39, 0.29) is 24.3 Å². The van der Waals surface area contributed by atoms with Crippen molar-refractivity contribution in [3.8, 4) is 0 Å². The Kier molecular flexibility index (Phi) is 6.80. The summed E-state index contributed by atoms with van der Waals surface area (Å²) in [7, 11) is 0. The zero-order valence-electron chi connectivity index (χ0n) is 9.13. The fourth-order valence-corrected chi connectivity index (χ4v) is 1.28. The highest BCUT2D eigenvalue weighted by Gasteiger charge is 2.14. The summed E-state index contributed by atoms with van der Waals surface area (Å²) in [5, 5.41) is 2.73. The fraction of sp³-hybridized carbons (Fsp3) is 0.800. The van der Waals surface area contributed by atoms with Crippen LogP contribution in [0.2, 0.25) is 0 Å². The molecule has 1 amide bonds. The summed E-state index contributed by atoms with van der Waals surface area (Å²) in [6.45, 7) is 5.62. The van der Waals surface area contributed by atoms with Gasteiger partial charge in [-0.2, -0.15) is 0 Å². The lowest BCUT2D eigenvalue weighted by molar-refractivity contribution is -0.143. The van der Waals surface area contributed by atoms with E-state index in [4.69, 9.17) is 4.74 Å². The summed E-state index contributed by atoms with van der Waals surface area (Å²) in [4.78, 5) is 21.9. The van der Waals surface area contributed by atoms with Gasteiger partial charge in [-0.15, -0.1) is 0 Å². The Morgan fingerprint density at radius 3 is 2.43 bits per heavy atom. The van der Waals surface area contributed by atoms with Crippen molar-refractivity contribution in [1.29, 1.82) is 0 Å². The van der Waals surface area contributed by atoms with Crippen molar-refractivity contribution in [2.24, 2.45) is 0 Å². The minimum atomic E-state index is -0.250. The van der Waals surface area contributed by atoms with Crippen LogP contribution in [0.3, 0.4) is 0 Å². The number of hydrogen-bond acceptors (Lipinski definition) is 3. The van der Waals surface area contributed by atoms with Gasteiger partial charge in [-0.1, -0.05) is 13.3 Å². The summed E-state index contributed by atoms with van der Waals surface area (Å²) in [6.07, 6.45) is 2.00. The maximum absolute atomic E-state index is 11.1. The quantitative estimate of drug-likeness (QED) is 0.658. The lowest BCUT2D eigenvalue weighted by Crippen LogP contribution is -2.35. The summed E-state index contributed by atoms with van der Waals surface area (Å²) in [5.41, 5.74) is 0. The summed E-state index contributed by atoms with van der Waals surface area (Å²) >= 11 is 0. The van der Waals surface area contributed by atoms with Crippen LogP contribution >= 0.6 is 0 Å². The predicted molar refractivity (Wildman–Crippen MR) is 53.8 cm³/mol. The Labute approximate surface area is 85.0 Å². The maximum atomic E-state index is 11.1. The van der Waals surface area contributed by atoms with E-state index < -0.39 is 0 Å². The van der Waals surface area contributed by atoms with E-state index in [0.29, 0.717) is 6.61 Å². The van der Waals surface area contributed by atoms with Crippen molar-refractivity contribution < 1.29 is 14.3 Å². The maximum Gasteiger partial charge on any atom is 0.307 e. The standard InChI is InChI=1S/C10H19NO3/c1-4-6-9(11-8(3)12)7-10(13)14-5-2/h9H,4-7H2,1-3H3,(H,11,12)/t9-/m1/s1. The van der Waals surface area contributed by atoms with E-state index in [9.17, 15) is 9.59 Å². The molecule has 0 spiro atoms. The van der Waals surface area contributed by atoms with Crippen LogP contribution in [-0.2, 0) is 14.3 Å². The number of esters is 1. The van der Waals surface area contributed by atoms with Gasteiger partial charge in [0.2, 0.25) is 5.91 Å². The van der Waals surface area contributed by atoms with Crippen LogP contribution in [0.1, 0.15) is 40.0 Å². The molecule has 0 heterocycles. The third-order valence-corrected chi connectivity index (χ3v) is 1.76. The molecule has 1 atom stereocenters. The molecule has 0 bridgehead atoms. The van der Waals surface area contributed by atoms with Crippen molar-refractivity contribution in [2.45, 2.75) is 46.1 Å². The van der Waals surface area contributed by atoms with Gasteiger partial charge in [0, 0.05) is 13.0 Å². The smallest absolute Gasteiger partial charge is 0.307 e. The van der Waals surface area contributed by atoms with E-state index in [1.165, 1.54) is 6.92 Å². The molecule has 0 aromatic rings. The number of hydrogen-bond donors (Lipinski definition) is 1. The van der Waals surface area contributed by atoms with Gasteiger partial charge in [-0.25, -0.2) is 0 Å². The van der Waals surface area contributed by atoms with E-state index in [1.54, 1.807) is 6.92 Å². The molecular weight excluding hydrogens is 182 g/mol. The van der Waals surface area contributed by atoms with Crippen LogP contribution in [0.4, 0.5) is 0 Å².